The van der Waals surface area contributed by atoms with Gasteiger partial charge in [-0.05, 0) is 12.1 Å². The third kappa shape index (κ3) is 2.99. The molecule has 2 heterocycles. The van der Waals surface area contributed by atoms with Crippen molar-refractivity contribution in [2.75, 3.05) is 11.9 Å². The highest BCUT2D eigenvalue weighted by Crippen LogP contribution is 2.06. The van der Waals surface area contributed by atoms with Gasteiger partial charge in [0, 0.05) is 24.5 Å². The van der Waals surface area contributed by atoms with E-state index in [2.05, 4.69) is 15.3 Å². The first-order valence-corrected chi connectivity index (χ1v) is 5.46. The molecule has 0 atom stereocenters. The van der Waals surface area contributed by atoms with Crippen molar-refractivity contribution in [2.45, 2.75) is 6.42 Å². The van der Waals surface area contributed by atoms with Crippen molar-refractivity contribution in [1.82, 2.24) is 9.97 Å². The van der Waals surface area contributed by atoms with Crippen LogP contribution < -0.4 is 5.32 Å². The lowest BCUT2D eigenvalue weighted by atomic mass is 10.4. The van der Waals surface area contributed by atoms with Gasteiger partial charge in [-0.1, -0.05) is 0 Å². The molecule has 0 fully saturated rings. The number of hydrogen-bond acceptors (Lipinski definition) is 4. The van der Waals surface area contributed by atoms with Crippen molar-refractivity contribution in [3.8, 4) is 0 Å². The van der Waals surface area contributed by atoms with Crippen molar-refractivity contribution in [3.05, 3.63) is 40.7 Å². The first-order chi connectivity index (χ1) is 7.34. The van der Waals surface area contributed by atoms with Crippen molar-refractivity contribution in [2.24, 2.45) is 0 Å². The standard InChI is InChI=1S/C10H10FN3S/c11-8-1-2-9(14-7-8)12-4-3-10-13-5-6-15-10/h1-2,5-7H,3-4H2,(H,12,14). The lowest BCUT2D eigenvalue weighted by Gasteiger charge is -2.02. The number of pyridine rings is 1. The zero-order valence-corrected chi connectivity index (χ0v) is 8.80. The van der Waals surface area contributed by atoms with E-state index in [1.807, 2.05) is 5.38 Å². The fourth-order valence-electron chi connectivity index (χ4n) is 1.15. The molecule has 2 aromatic heterocycles. The van der Waals surface area contributed by atoms with E-state index < -0.39 is 0 Å². The van der Waals surface area contributed by atoms with Crippen LogP contribution in [0.5, 0.6) is 0 Å². The highest BCUT2D eigenvalue weighted by Gasteiger charge is 1.97. The Morgan fingerprint density at radius 2 is 2.27 bits per heavy atom. The number of aromatic nitrogens is 2. The second-order valence-corrected chi connectivity index (χ2v) is 3.94. The Bertz CT molecular complexity index is 399. The van der Waals surface area contributed by atoms with E-state index in [9.17, 15) is 4.39 Å². The van der Waals surface area contributed by atoms with Crippen LogP contribution in [0.25, 0.3) is 0 Å². The fourth-order valence-corrected chi connectivity index (χ4v) is 1.77. The molecule has 15 heavy (non-hydrogen) atoms. The minimum Gasteiger partial charge on any atom is -0.370 e. The molecule has 0 amide bonds. The quantitative estimate of drug-likeness (QED) is 0.864. The Kier molecular flexibility index (Phi) is 3.24. The number of halogens is 1. The molecule has 0 aliphatic carbocycles. The predicted octanol–water partition coefficient (Wildman–Crippen LogP) is 2.33. The molecule has 78 valence electrons. The van der Waals surface area contributed by atoms with Crippen LogP contribution >= 0.6 is 11.3 Å². The molecule has 2 rings (SSSR count). The van der Waals surface area contributed by atoms with Gasteiger partial charge in [0.1, 0.15) is 11.6 Å². The van der Waals surface area contributed by atoms with Crippen LogP contribution in [0.4, 0.5) is 10.2 Å². The summed E-state index contributed by atoms with van der Waals surface area (Å²) in [6.07, 6.45) is 3.85. The van der Waals surface area contributed by atoms with Crippen LogP contribution in [0.1, 0.15) is 5.01 Å². The molecule has 5 heteroatoms. The zero-order valence-electron chi connectivity index (χ0n) is 7.98. The van der Waals surface area contributed by atoms with Gasteiger partial charge in [0.2, 0.25) is 0 Å². The van der Waals surface area contributed by atoms with Gasteiger partial charge in [-0.25, -0.2) is 14.4 Å². The van der Waals surface area contributed by atoms with Gasteiger partial charge in [-0.3, -0.25) is 0 Å². The van der Waals surface area contributed by atoms with Crippen LogP contribution in [0.2, 0.25) is 0 Å². The van der Waals surface area contributed by atoms with E-state index in [0.29, 0.717) is 5.82 Å². The second-order valence-electron chi connectivity index (χ2n) is 2.96. The molecule has 0 aliphatic heterocycles. The average molecular weight is 223 g/mol. The summed E-state index contributed by atoms with van der Waals surface area (Å²) in [4.78, 5) is 8.05. The van der Waals surface area contributed by atoms with Gasteiger partial charge in [0.15, 0.2) is 0 Å². The van der Waals surface area contributed by atoms with Crippen molar-refractivity contribution >= 4 is 17.2 Å². The molecule has 0 spiro atoms. The molecule has 0 radical (unpaired) electrons. The minimum absolute atomic E-state index is 0.319. The average Bonchev–Trinajstić information content (AvgIpc) is 2.74. The van der Waals surface area contributed by atoms with E-state index in [1.54, 1.807) is 23.6 Å². The summed E-state index contributed by atoms with van der Waals surface area (Å²) in [7, 11) is 0. The highest BCUT2D eigenvalue weighted by atomic mass is 32.1. The fraction of sp³-hybridized carbons (Fsp3) is 0.200. The lowest BCUT2D eigenvalue weighted by Crippen LogP contribution is -2.05. The monoisotopic (exact) mass is 223 g/mol. The molecule has 1 N–H and O–H groups in total. The van der Waals surface area contributed by atoms with Crippen molar-refractivity contribution in [3.63, 3.8) is 0 Å². The molecule has 0 saturated heterocycles. The van der Waals surface area contributed by atoms with E-state index in [0.717, 1.165) is 18.0 Å². The number of nitrogens with one attached hydrogen (secondary N) is 1. The molecule has 0 unspecified atom stereocenters. The van der Waals surface area contributed by atoms with E-state index >= 15 is 0 Å². The topological polar surface area (TPSA) is 37.8 Å². The Balaban J connectivity index is 1.81. The van der Waals surface area contributed by atoms with Gasteiger partial charge in [0.05, 0.1) is 11.2 Å². The van der Waals surface area contributed by atoms with Gasteiger partial charge >= 0.3 is 0 Å². The normalized spacial score (nSPS) is 10.2. The molecule has 0 saturated carbocycles. The maximum Gasteiger partial charge on any atom is 0.141 e. The Morgan fingerprint density at radius 1 is 1.33 bits per heavy atom. The van der Waals surface area contributed by atoms with Gasteiger partial charge in [-0.15, -0.1) is 11.3 Å². The van der Waals surface area contributed by atoms with Crippen molar-refractivity contribution < 1.29 is 4.39 Å². The molecular formula is C10H10FN3S. The van der Waals surface area contributed by atoms with Crippen LogP contribution in [0.15, 0.2) is 29.9 Å². The van der Waals surface area contributed by atoms with Crippen molar-refractivity contribution in [1.29, 1.82) is 0 Å². The third-order valence-electron chi connectivity index (χ3n) is 1.86. The number of hydrogen-bond donors (Lipinski definition) is 1. The lowest BCUT2D eigenvalue weighted by molar-refractivity contribution is 0.621. The smallest absolute Gasteiger partial charge is 0.141 e. The molecular weight excluding hydrogens is 213 g/mol. The second kappa shape index (κ2) is 4.84. The van der Waals surface area contributed by atoms with Gasteiger partial charge < -0.3 is 5.32 Å². The van der Waals surface area contributed by atoms with Crippen LogP contribution in [-0.4, -0.2) is 16.5 Å². The summed E-state index contributed by atoms with van der Waals surface area (Å²) in [5.41, 5.74) is 0. The van der Waals surface area contributed by atoms with Crippen LogP contribution in [0.3, 0.4) is 0 Å². The SMILES string of the molecule is Fc1ccc(NCCc2nccs2)nc1. The van der Waals surface area contributed by atoms with E-state index in [1.165, 1.54) is 12.3 Å². The van der Waals surface area contributed by atoms with Crippen LogP contribution in [0, 0.1) is 5.82 Å². The van der Waals surface area contributed by atoms with E-state index in [4.69, 9.17) is 0 Å². The number of anilines is 1. The molecule has 3 nitrogen and oxygen atoms in total. The van der Waals surface area contributed by atoms with E-state index in [-0.39, 0.29) is 5.82 Å². The molecule has 0 aromatic carbocycles. The minimum atomic E-state index is -0.319. The maximum absolute atomic E-state index is 12.5. The van der Waals surface area contributed by atoms with Gasteiger partial charge in [-0.2, -0.15) is 0 Å². The summed E-state index contributed by atoms with van der Waals surface area (Å²) >= 11 is 1.63. The predicted molar refractivity (Wildman–Crippen MR) is 58.5 cm³/mol. The summed E-state index contributed by atoms with van der Waals surface area (Å²) in [5.74, 6) is 0.369. The number of rotatable bonds is 4. The first kappa shape index (κ1) is 10.0. The number of thiazole rings is 1. The Morgan fingerprint density at radius 3 is 2.93 bits per heavy atom. The summed E-state index contributed by atoms with van der Waals surface area (Å²) in [5, 5.41) is 6.14. The highest BCUT2D eigenvalue weighted by molar-refractivity contribution is 7.09. The van der Waals surface area contributed by atoms with Crippen LogP contribution in [-0.2, 0) is 6.42 Å². The summed E-state index contributed by atoms with van der Waals surface area (Å²) in [6, 6.07) is 3.01. The molecule has 2 aromatic rings. The van der Waals surface area contributed by atoms with Gasteiger partial charge in [0.25, 0.3) is 0 Å². The zero-order chi connectivity index (χ0) is 10.5. The molecule has 0 aliphatic rings. The summed E-state index contributed by atoms with van der Waals surface area (Å²) < 4.78 is 12.5. The Hall–Kier alpha value is -1.49. The number of nitrogens with zero attached hydrogens (tertiary/aromatic N) is 2. The first-order valence-electron chi connectivity index (χ1n) is 4.58. The summed E-state index contributed by atoms with van der Waals surface area (Å²) in [6.45, 7) is 0.756. The molecule has 0 bridgehead atoms. The maximum atomic E-state index is 12.5. The largest absolute Gasteiger partial charge is 0.370 e. The Labute approximate surface area is 91.0 Å². The third-order valence-corrected chi connectivity index (χ3v) is 2.70.